The highest BCUT2D eigenvalue weighted by atomic mass is 16.4. The molecule has 0 aromatic carbocycles. The van der Waals surface area contributed by atoms with Crippen molar-refractivity contribution in [3.05, 3.63) is 0 Å². The van der Waals surface area contributed by atoms with Gasteiger partial charge in [-0.3, -0.25) is 9.59 Å². The molecule has 14 heavy (non-hydrogen) atoms. The van der Waals surface area contributed by atoms with Crippen LogP contribution in [0, 0.1) is 5.41 Å². The highest BCUT2D eigenvalue weighted by Gasteiger charge is 2.35. The molecule has 0 spiro atoms. The number of carbonyl (C=O) groups is 2. The molecule has 0 aliphatic rings. The minimum Gasteiger partial charge on any atom is -0.481 e. The van der Waals surface area contributed by atoms with Gasteiger partial charge in [0, 0.05) is 6.04 Å². The summed E-state index contributed by atoms with van der Waals surface area (Å²) < 4.78 is 0. The van der Waals surface area contributed by atoms with Crippen LogP contribution in [0.5, 0.6) is 0 Å². The zero-order chi connectivity index (χ0) is 11.2. The fourth-order valence-corrected chi connectivity index (χ4v) is 1.69. The normalized spacial score (nSPS) is 13.4. The van der Waals surface area contributed by atoms with Gasteiger partial charge in [0.05, 0.1) is 5.41 Å². The monoisotopic (exact) mass is 201 g/mol. The van der Waals surface area contributed by atoms with Gasteiger partial charge in [-0.25, -0.2) is 0 Å². The Morgan fingerprint density at radius 1 is 1.50 bits per heavy atom. The maximum atomic E-state index is 11.1. The molecule has 0 bridgehead atoms. The number of carboxylic acid groups (broad SMARTS) is 1. The van der Waals surface area contributed by atoms with E-state index in [1.165, 1.54) is 0 Å². The molecule has 82 valence electrons. The van der Waals surface area contributed by atoms with Gasteiger partial charge in [-0.15, -0.1) is 0 Å². The zero-order valence-electron chi connectivity index (χ0n) is 9.04. The smallest absolute Gasteiger partial charge is 0.309 e. The molecule has 0 fully saturated rings. The number of nitrogens with one attached hydrogen (secondary N) is 1. The molecule has 0 unspecified atom stereocenters. The second-order valence-electron chi connectivity index (χ2n) is 3.68. The number of amides is 1. The molecule has 2 N–H and O–H groups in total. The first-order valence-electron chi connectivity index (χ1n) is 4.95. The minimum atomic E-state index is -0.776. The van der Waals surface area contributed by atoms with E-state index in [0.29, 0.717) is 25.7 Å². The summed E-state index contributed by atoms with van der Waals surface area (Å²) in [5.74, 6) is -0.776. The Bertz CT molecular complexity index is 200. The Morgan fingerprint density at radius 3 is 2.29 bits per heavy atom. The third kappa shape index (κ3) is 3.01. The largest absolute Gasteiger partial charge is 0.481 e. The first-order valence-corrected chi connectivity index (χ1v) is 4.95. The minimum absolute atomic E-state index is 0.0940. The molecule has 0 aromatic rings. The number of carboxylic acids is 1. The average molecular weight is 201 g/mol. The second-order valence-corrected chi connectivity index (χ2v) is 3.68. The molecule has 0 radical (unpaired) electrons. The van der Waals surface area contributed by atoms with E-state index in [-0.39, 0.29) is 6.04 Å². The molecule has 0 saturated carbocycles. The van der Waals surface area contributed by atoms with Crippen LogP contribution in [-0.2, 0) is 9.59 Å². The van der Waals surface area contributed by atoms with Gasteiger partial charge in [0.25, 0.3) is 0 Å². The summed E-state index contributed by atoms with van der Waals surface area (Å²) in [6.45, 7) is 5.55. The molecule has 0 saturated heterocycles. The van der Waals surface area contributed by atoms with E-state index in [1.807, 2.05) is 20.8 Å². The summed E-state index contributed by atoms with van der Waals surface area (Å²) >= 11 is 0. The highest BCUT2D eigenvalue weighted by Crippen LogP contribution is 2.32. The van der Waals surface area contributed by atoms with E-state index in [2.05, 4.69) is 5.32 Å². The average Bonchev–Trinajstić information content (AvgIpc) is 2.14. The lowest BCUT2D eigenvalue weighted by Crippen LogP contribution is -2.37. The second kappa shape index (κ2) is 5.62. The van der Waals surface area contributed by atoms with E-state index in [0.717, 1.165) is 0 Å². The molecule has 0 aliphatic heterocycles. The SMILES string of the molecule is CCC(CC)(C[C@@H](C)NC=O)C(=O)O. The van der Waals surface area contributed by atoms with Crippen LogP contribution >= 0.6 is 0 Å². The zero-order valence-corrected chi connectivity index (χ0v) is 9.04. The standard InChI is InChI=1S/C10H19NO3/c1-4-10(5-2,9(13)14)6-8(3)11-7-12/h7-8H,4-6H2,1-3H3,(H,11,12)(H,13,14)/t8-/m1/s1. The van der Waals surface area contributed by atoms with Crippen LogP contribution < -0.4 is 5.32 Å². The molecule has 1 amide bonds. The van der Waals surface area contributed by atoms with Crippen LogP contribution in [0.3, 0.4) is 0 Å². The Labute approximate surface area is 84.7 Å². The van der Waals surface area contributed by atoms with Crippen LogP contribution in [0.4, 0.5) is 0 Å². The van der Waals surface area contributed by atoms with Crippen molar-refractivity contribution in [3.8, 4) is 0 Å². The van der Waals surface area contributed by atoms with Crippen LogP contribution in [-0.4, -0.2) is 23.5 Å². The number of aliphatic carboxylic acids is 1. The molecule has 0 aliphatic carbocycles. The molecule has 0 rings (SSSR count). The van der Waals surface area contributed by atoms with Crippen LogP contribution in [0.15, 0.2) is 0 Å². The summed E-state index contributed by atoms with van der Waals surface area (Å²) in [5.41, 5.74) is -0.699. The molecular weight excluding hydrogens is 182 g/mol. The fraction of sp³-hybridized carbons (Fsp3) is 0.800. The molecule has 1 atom stereocenters. The summed E-state index contributed by atoms with van der Waals surface area (Å²) in [6.07, 6.45) is 2.27. The molecule has 4 nitrogen and oxygen atoms in total. The number of hydrogen-bond acceptors (Lipinski definition) is 2. The highest BCUT2D eigenvalue weighted by molar-refractivity contribution is 5.74. The van der Waals surface area contributed by atoms with Gasteiger partial charge < -0.3 is 10.4 Å². The Kier molecular flexibility index (Phi) is 5.20. The quantitative estimate of drug-likeness (QED) is 0.612. The summed E-state index contributed by atoms with van der Waals surface area (Å²) in [5, 5.41) is 11.7. The van der Waals surface area contributed by atoms with Crippen molar-refractivity contribution in [1.82, 2.24) is 5.32 Å². The van der Waals surface area contributed by atoms with Crippen molar-refractivity contribution >= 4 is 12.4 Å². The molecule has 0 aromatic heterocycles. The Morgan fingerprint density at radius 2 is 2.00 bits per heavy atom. The number of carbonyl (C=O) groups excluding carboxylic acids is 1. The number of hydrogen-bond donors (Lipinski definition) is 2. The van der Waals surface area contributed by atoms with Crippen molar-refractivity contribution in [2.75, 3.05) is 0 Å². The van der Waals surface area contributed by atoms with E-state index < -0.39 is 11.4 Å². The van der Waals surface area contributed by atoms with Gasteiger partial charge in [0.15, 0.2) is 0 Å². The van der Waals surface area contributed by atoms with Gasteiger partial charge in [-0.1, -0.05) is 13.8 Å². The lowest BCUT2D eigenvalue weighted by atomic mass is 9.77. The Balaban J connectivity index is 4.49. The Hall–Kier alpha value is -1.06. The molecule has 4 heteroatoms. The van der Waals surface area contributed by atoms with Crippen molar-refractivity contribution in [3.63, 3.8) is 0 Å². The summed E-state index contributed by atoms with van der Waals surface area (Å²) in [6, 6.07) is -0.0940. The first-order chi connectivity index (χ1) is 6.52. The van der Waals surface area contributed by atoms with E-state index in [4.69, 9.17) is 5.11 Å². The van der Waals surface area contributed by atoms with Crippen molar-refractivity contribution < 1.29 is 14.7 Å². The molecule has 0 heterocycles. The van der Waals surface area contributed by atoms with Crippen molar-refractivity contribution in [2.24, 2.45) is 5.41 Å². The topological polar surface area (TPSA) is 66.4 Å². The van der Waals surface area contributed by atoms with Gasteiger partial charge in [-0.05, 0) is 26.2 Å². The predicted molar refractivity (Wildman–Crippen MR) is 53.9 cm³/mol. The summed E-state index contributed by atoms with van der Waals surface area (Å²) in [7, 11) is 0. The van der Waals surface area contributed by atoms with Crippen molar-refractivity contribution in [2.45, 2.75) is 46.1 Å². The third-order valence-electron chi connectivity index (χ3n) is 2.86. The van der Waals surface area contributed by atoms with Gasteiger partial charge >= 0.3 is 5.97 Å². The van der Waals surface area contributed by atoms with Crippen LogP contribution in [0.2, 0.25) is 0 Å². The predicted octanol–water partition coefficient (Wildman–Crippen LogP) is 1.40. The van der Waals surface area contributed by atoms with Gasteiger partial charge in [0.2, 0.25) is 6.41 Å². The fourth-order valence-electron chi connectivity index (χ4n) is 1.69. The maximum absolute atomic E-state index is 11.1. The first kappa shape index (κ1) is 12.9. The van der Waals surface area contributed by atoms with E-state index >= 15 is 0 Å². The third-order valence-corrected chi connectivity index (χ3v) is 2.86. The maximum Gasteiger partial charge on any atom is 0.309 e. The van der Waals surface area contributed by atoms with E-state index in [9.17, 15) is 9.59 Å². The van der Waals surface area contributed by atoms with E-state index in [1.54, 1.807) is 0 Å². The summed E-state index contributed by atoms with van der Waals surface area (Å²) in [4.78, 5) is 21.3. The lowest BCUT2D eigenvalue weighted by molar-refractivity contribution is -0.150. The van der Waals surface area contributed by atoms with Crippen molar-refractivity contribution in [1.29, 1.82) is 0 Å². The lowest BCUT2D eigenvalue weighted by Gasteiger charge is -2.29. The van der Waals surface area contributed by atoms with Crippen LogP contribution in [0.1, 0.15) is 40.0 Å². The number of rotatable bonds is 7. The van der Waals surface area contributed by atoms with Gasteiger partial charge in [0.1, 0.15) is 0 Å². The van der Waals surface area contributed by atoms with Crippen LogP contribution in [0.25, 0.3) is 0 Å². The molecular formula is C10H19NO3. The van der Waals surface area contributed by atoms with Gasteiger partial charge in [-0.2, -0.15) is 0 Å².